The van der Waals surface area contributed by atoms with Crippen LogP contribution in [0.3, 0.4) is 0 Å². The van der Waals surface area contributed by atoms with Crippen LogP contribution in [0.4, 0.5) is 10.5 Å². The smallest absolute Gasteiger partial charge is 0.319 e. The van der Waals surface area contributed by atoms with Crippen LogP contribution in [0.2, 0.25) is 0 Å². The molecule has 98 valence electrons. The van der Waals surface area contributed by atoms with E-state index in [2.05, 4.69) is 16.0 Å². The Hall–Kier alpha value is -2.08. The van der Waals surface area contributed by atoms with Crippen molar-refractivity contribution in [2.45, 2.75) is 6.42 Å². The molecule has 0 unspecified atom stereocenters. The van der Waals surface area contributed by atoms with E-state index < -0.39 is 0 Å². The first-order chi connectivity index (χ1) is 8.67. The Balaban J connectivity index is 2.48. The number of rotatable bonds is 5. The topological polar surface area (TPSA) is 90.5 Å². The van der Waals surface area contributed by atoms with E-state index in [1.54, 1.807) is 31.3 Å². The van der Waals surface area contributed by atoms with E-state index in [1.807, 2.05) is 0 Å². The SMILES string of the molecule is CNC(=O)c1ccc(NC(=O)NCCCO)cc1. The van der Waals surface area contributed by atoms with Crippen LogP contribution in [-0.2, 0) is 0 Å². The summed E-state index contributed by atoms with van der Waals surface area (Å²) >= 11 is 0. The number of carbonyl (C=O) groups is 2. The lowest BCUT2D eigenvalue weighted by Crippen LogP contribution is -2.29. The van der Waals surface area contributed by atoms with Gasteiger partial charge in [0.05, 0.1) is 0 Å². The van der Waals surface area contributed by atoms with Gasteiger partial charge in [-0.1, -0.05) is 0 Å². The standard InChI is InChI=1S/C12H17N3O3/c1-13-11(17)9-3-5-10(6-4-9)15-12(18)14-7-2-8-16/h3-6,16H,2,7-8H2,1H3,(H,13,17)(H2,14,15,18). The number of hydrogen-bond donors (Lipinski definition) is 4. The summed E-state index contributed by atoms with van der Waals surface area (Å²) in [5.41, 5.74) is 1.13. The summed E-state index contributed by atoms with van der Waals surface area (Å²) in [6.07, 6.45) is 0.517. The lowest BCUT2D eigenvalue weighted by Gasteiger charge is -2.07. The number of anilines is 1. The van der Waals surface area contributed by atoms with Crippen molar-refractivity contribution in [3.63, 3.8) is 0 Å². The molecule has 0 spiro atoms. The molecule has 0 radical (unpaired) electrons. The Kier molecular flexibility index (Phi) is 5.66. The number of hydrogen-bond acceptors (Lipinski definition) is 3. The average Bonchev–Trinajstić information content (AvgIpc) is 2.39. The fourth-order valence-corrected chi connectivity index (χ4v) is 1.31. The van der Waals surface area contributed by atoms with Gasteiger partial charge in [-0.2, -0.15) is 0 Å². The van der Waals surface area contributed by atoms with E-state index in [0.29, 0.717) is 24.2 Å². The maximum atomic E-state index is 11.4. The van der Waals surface area contributed by atoms with Crippen LogP contribution in [-0.4, -0.2) is 37.2 Å². The molecular weight excluding hydrogens is 234 g/mol. The van der Waals surface area contributed by atoms with Gasteiger partial charge in [0.15, 0.2) is 0 Å². The number of benzene rings is 1. The van der Waals surface area contributed by atoms with E-state index >= 15 is 0 Å². The van der Waals surface area contributed by atoms with Crippen molar-refractivity contribution in [1.82, 2.24) is 10.6 Å². The first-order valence-corrected chi connectivity index (χ1v) is 5.65. The van der Waals surface area contributed by atoms with Crippen LogP contribution in [0.5, 0.6) is 0 Å². The van der Waals surface area contributed by atoms with Gasteiger partial charge in [0.1, 0.15) is 0 Å². The predicted molar refractivity (Wildman–Crippen MR) is 68.6 cm³/mol. The van der Waals surface area contributed by atoms with E-state index in [-0.39, 0.29) is 18.5 Å². The second-order valence-corrected chi connectivity index (χ2v) is 3.61. The zero-order valence-electron chi connectivity index (χ0n) is 10.2. The van der Waals surface area contributed by atoms with Gasteiger partial charge in [-0.3, -0.25) is 4.79 Å². The summed E-state index contributed by atoms with van der Waals surface area (Å²) in [5.74, 6) is -0.172. The maximum absolute atomic E-state index is 11.4. The Morgan fingerprint density at radius 2 is 1.89 bits per heavy atom. The van der Waals surface area contributed by atoms with Gasteiger partial charge < -0.3 is 21.1 Å². The Bertz CT molecular complexity index is 404. The lowest BCUT2D eigenvalue weighted by molar-refractivity contribution is 0.0963. The second-order valence-electron chi connectivity index (χ2n) is 3.61. The number of aliphatic hydroxyl groups excluding tert-OH is 1. The highest BCUT2D eigenvalue weighted by Gasteiger charge is 2.04. The normalized spacial score (nSPS) is 9.67. The lowest BCUT2D eigenvalue weighted by atomic mass is 10.2. The van der Waals surface area contributed by atoms with Gasteiger partial charge in [0.2, 0.25) is 0 Å². The maximum Gasteiger partial charge on any atom is 0.319 e. The molecule has 0 bridgehead atoms. The zero-order chi connectivity index (χ0) is 13.4. The predicted octanol–water partition coefficient (Wildman–Crippen LogP) is 0.550. The molecule has 6 nitrogen and oxygen atoms in total. The summed E-state index contributed by atoms with van der Waals surface area (Å²) in [6.45, 7) is 0.458. The number of urea groups is 1. The van der Waals surface area contributed by atoms with Crippen LogP contribution in [0, 0.1) is 0 Å². The van der Waals surface area contributed by atoms with Gasteiger partial charge in [0, 0.05) is 31.5 Å². The number of amides is 3. The minimum Gasteiger partial charge on any atom is -0.396 e. The zero-order valence-corrected chi connectivity index (χ0v) is 10.2. The van der Waals surface area contributed by atoms with Crippen molar-refractivity contribution < 1.29 is 14.7 Å². The molecule has 0 heterocycles. The second kappa shape index (κ2) is 7.29. The van der Waals surface area contributed by atoms with Gasteiger partial charge in [-0.05, 0) is 30.7 Å². The molecule has 0 aliphatic heterocycles. The van der Waals surface area contributed by atoms with Crippen molar-refractivity contribution in [2.75, 3.05) is 25.5 Å². The summed E-state index contributed by atoms with van der Waals surface area (Å²) in [7, 11) is 1.56. The molecule has 1 rings (SSSR count). The summed E-state index contributed by atoms with van der Waals surface area (Å²) in [6, 6.07) is 6.22. The van der Waals surface area contributed by atoms with Gasteiger partial charge >= 0.3 is 6.03 Å². The highest BCUT2D eigenvalue weighted by molar-refractivity contribution is 5.95. The Morgan fingerprint density at radius 1 is 1.22 bits per heavy atom. The molecule has 3 amide bonds. The van der Waals surface area contributed by atoms with Crippen molar-refractivity contribution in [3.8, 4) is 0 Å². The molecule has 0 fully saturated rings. The van der Waals surface area contributed by atoms with Crippen molar-refractivity contribution >= 4 is 17.6 Å². The Labute approximate surface area is 105 Å². The summed E-state index contributed by atoms with van der Waals surface area (Å²) < 4.78 is 0. The van der Waals surface area contributed by atoms with Crippen LogP contribution in [0.1, 0.15) is 16.8 Å². The molecule has 1 aromatic rings. The molecule has 0 aliphatic rings. The highest BCUT2D eigenvalue weighted by atomic mass is 16.3. The fourth-order valence-electron chi connectivity index (χ4n) is 1.31. The molecule has 6 heteroatoms. The largest absolute Gasteiger partial charge is 0.396 e. The quantitative estimate of drug-likeness (QED) is 0.576. The van der Waals surface area contributed by atoms with Crippen molar-refractivity contribution in [3.05, 3.63) is 29.8 Å². The monoisotopic (exact) mass is 251 g/mol. The number of nitrogens with one attached hydrogen (secondary N) is 3. The van der Waals surface area contributed by atoms with E-state index in [9.17, 15) is 9.59 Å². The van der Waals surface area contributed by atoms with Gasteiger partial charge in [-0.15, -0.1) is 0 Å². The van der Waals surface area contributed by atoms with Crippen molar-refractivity contribution in [1.29, 1.82) is 0 Å². The molecule has 1 aromatic carbocycles. The van der Waals surface area contributed by atoms with Crippen LogP contribution in [0.15, 0.2) is 24.3 Å². The van der Waals surface area contributed by atoms with E-state index in [0.717, 1.165) is 0 Å². The van der Waals surface area contributed by atoms with Crippen LogP contribution >= 0.6 is 0 Å². The highest BCUT2D eigenvalue weighted by Crippen LogP contribution is 2.09. The molecule has 0 aromatic heterocycles. The Morgan fingerprint density at radius 3 is 2.44 bits per heavy atom. The van der Waals surface area contributed by atoms with E-state index in [4.69, 9.17) is 5.11 Å². The molecule has 0 saturated heterocycles. The third-order valence-corrected chi connectivity index (χ3v) is 2.25. The van der Waals surface area contributed by atoms with Crippen LogP contribution in [0.25, 0.3) is 0 Å². The first kappa shape index (κ1) is 14.0. The third-order valence-electron chi connectivity index (χ3n) is 2.25. The van der Waals surface area contributed by atoms with Gasteiger partial charge in [-0.25, -0.2) is 4.79 Å². The average molecular weight is 251 g/mol. The van der Waals surface area contributed by atoms with Crippen molar-refractivity contribution in [2.24, 2.45) is 0 Å². The van der Waals surface area contributed by atoms with E-state index in [1.165, 1.54) is 0 Å². The number of carbonyl (C=O) groups excluding carboxylic acids is 2. The molecule has 18 heavy (non-hydrogen) atoms. The van der Waals surface area contributed by atoms with Crippen LogP contribution < -0.4 is 16.0 Å². The third kappa shape index (κ3) is 4.42. The minimum absolute atomic E-state index is 0.0428. The summed E-state index contributed by atoms with van der Waals surface area (Å²) in [4.78, 5) is 22.7. The molecular formula is C12H17N3O3. The van der Waals surface area contributed by atoms with Gasteiger partial charge in [0.25, 0.3) is 5.91 Å². The fraction of sp³-hybridized carbons (Fsp3) is 0.333. The first-order valence-electron chi connectivity index (χ1n) is 5.65. The summed E-state index contributed by atoms with van der Waals surface area (Å²) in [5, 5.41) is 16.3. The molecule has 0 saturated carbocycles. The molecule has 4 N–H and O–H groups in total. The molecule has 0 aliphatic carbocycles. The number of aliphatic hydroxyl groups is 1. The molecule has 0 atom stereocenters. The minimum atomic E-state index is -0.337.